The molecule has 0 fully saturated rings. The van der Waals surface area contributed by atoms with Crippen molar-refractivity contribution in [3.05, 3.63) is 58.4 Å². The Labute approximate surface area is 120 Å². The number of imidazole rings is 1. The summed E-state index contributed by atoms with van der Waals surface area (Å²) < 4.78 is 7.49. The summed E-state index contributed by atoms with van der Waals surface area (Å²) in [4.78, 5) is 5.61. The first-order valence-corrected chi connectivity index (χ1v) is 7.54. The molecule has 0 saturated carbocycles. The monoisotopic (exact) mass is 285 g/mol. The number of thiazole rings is 1. The molecule has 0 bridgehead atoms. The highest BCUT2D eigenvalue weighted by atomic mass is 32.1. The van der Waals surface area contributed by atoms with E-state index in [-0.39, 0.29) is 6.04 Å². The van der Waals surface area contributed by atoms with Crippen LogP contribution in [0.5, 0.6) is 0 Å². The number of nitrogens with two attached hydrogens (primary N) is 1. The predicted octanol–water partition coefficient (Wildman–Crippen LogP) is 2.67. The fraction of sp³-hybridized carbons (Fsp3) is 0.267. The molecule has 20 heavy (non-hydrogen) atoms. The number of nitrogens with zero attached hydrogens (tertiary/aromatic N) is 2. The number of ether oxygens (including phenoxy) is 1. The van der Waals surface area contributed by atoms with Crippen LogP contribution < -0.4 is 5.73 Å². The van der Waals surface area contributed by atoms with Gasteiger partial charge in [0.15, 0.2) is 4.96 Å². The summed E-state index contributed by atoms with van der Waals surface area (Å²) in [5.74, 6) is 0. The van der Waals surface area contributed by atoms with Crippen LogP contribution in [0.1, 0.15) is 28.4 Å². The maximum atomic E-state index is 6.33. The quantitative estimate of drug-likeness (QED) is 0.805. The van der Waals surface area contributed by atoms with E-state index in [1.807, 2.05) is 16.0 Å². The second kappa shape index (κ2) is 4.70. The van der Waals surface area contributed by atoms with Crippen molar-refractivity contribution < 1.29 is 4.74 Å². The van der Waals surface area contributed by atoms with E-state index in [0.29, 0.717) is 6.61 Å². The third kappa shape index (κ3) is 2.04. The summed E-state index contributed by atoms with van der Waals surface area (Å²) in [6.07, 6.45) is 4.84. The number of aromatic nitrogens is 2. The van der Waals surface area contributed by atoms with Crippen LogP contribution in [0.2, 0.25) is 0 Å². The van der Waals surface area contributed by atoms with Gasteiger partial charge in [0.25, 0.3) is 0 Å². The molecule has 4 nitrogen and oxygen atoms in total. The normalized spacial score (nSPS) is 15.7. The summed E-state index contributed by atoms with van der Waals surface area (Å²) in [6.45, 7) is 1.43. The molecule has 0 amide bonds. The highest BCUT2D eigenvalue weighted by molar-refractivity contribution is 7.15. The zero-order chi connectivity index (χ0) is 13.5. The maximum Gasteiger partial charge on any atom is 0.193 e. The SMILES string of the molecule is NC(Cc1cn2ccsc2n1)c1ccc2c(c1)COC2. The molecule has 1 unspecified atom stereocenters. The first-order chi connectivity index (χ1) is 9.79. The summed E-state index contributed by atoms with van der Waals surface area (Å²) in [5, 5.41) is 2.03. The molecule has 2 N–H and O–H groups in total. The van der Waals surface area contributed by atoms with Crippen molar-refractivity contribution in [2.75, 3.05) is 0 Å². The van der Waals surface area contributed by atoms with Gasteiger partial charge in [0.1, 0.15) is 0 Å². The topological polar surface area (TPSA) is 52.5 Å². The second-order valence-electron chi connectivity index (χ2n) is 5.16. The lowest BCUT2D eigenvalue weighted by atomic mass is 9.99. The lowest BCUT2D eigenvalue weighted by molar-refractivity contribution is 0.134. The average Bonchev–Trinajstić information content (AvgIpc) is 3.11. The van der Waals surface area contributed by atoms with Crippen LogP contribution in [0.25, 0.3) is 4.96 Å². The summed E-state index contributed by atoms with van der Waals surface area (Å²) in [5.41, 5.74) is 11.1. The van der Waals surface area contributed by atoms with Crippen molar-refractivity contribution in [1.82, 2.24) is 9.38 Å². The van der Waals surface area contributed by atoms with Gasteiger partial charge in [-0.15, -0.1) is 11.3 Å². The third-order valence-electron chi connectivity index (χ3n) is 3.75. The van der Waals surface area contributed by atoms with Gasteiger partial charge in [-0.1, -0.05) is 18.2 Å². The van der Waals surface area contributed by atoms with Gasteiger partial charge in [-0.05, 0) is 16.7 Å². The smallest absolute Gasteiger partial charge is 0.193 e. The third-order valence-corrected chi connectivity index (χ3v) is 4.52. The van der Waals surface area contributed by atoms with E-state index in [1.165, 1.54) is 11.1 Å². The van der Waals surface area contributed by atoms with E-state index >= 15 is 0 Å². The van der Waals surface area contributed by atoms with Crippen molar-refractivity contribution >= 4 is 16.3 Å². The maximum absolute atomic E-state index is 6.33. The molecule has 1 aromatic carbocycles. The number of hydrogen-bond acceptors (Lipinski definition) is 4. The minimum atomic E-state index is -0.0227. The standard InChI is InChI=1S/C15H15N3OS/c16-14(6-13-7-18-3-4-20-15(18)17-13)10-1-2-11-8-19-9-12(11)5-10/h1-5,7,14H,6,8-9,16H2. The Balaban J connectivity index is 1.57. The minimum absolute atomic E-state index is 0.0227. The van der Waals surface area contributed by atoms with Crippen molar-refractivity contribution in [2.45, 2.75) is 25.7 Å². The van der Waals surface area contributed by atoms with Crippen LogP contribution in [0.15, 0.2) is 36.0 Å². The van der Waals surface area contributed by atoms with Gasteiger partial charge in [0.05, 0.1) is 18.9 Å². The molecule has 1 atom stereocenters. The Morgan fingerprint density at radius 2 is 2.25 bits per heavy atom. The minimum Gasteiger partial charge on any atom is -0.372 e. The van der Waals surface area contributed by atoms with Crippen molar-refractivity contribution in [3.63, 3.8) is 0 Å². The molecule has 3 aromatic rings. The molecule has 102 valence electrons. The highest BCUT2D eigenvalue weighted by Crippen LogP contribution is 2.25. The van der Waals surface area contributed by atoms with Gasteiger partial charge >= 0.3 is 0 Å². The van der Waals surface area contributed by atoms with Crippen LogP contribution in [0.3, 0.4) is 0 Å². The van der Waals surface area contributed by atoms with Crippen molar-refractivity contribution in [3.8, 4) is 0 Å². The van der Waals surface area contributed by atoms with E-state index < -0.39 is 0 Å². The molecule has 3 heterocycles. The summed E-state index contributed by atoms with van der Waals surface area (Å²) in [7, 11) is 0. The molecule has 4 rings (SSSR count). The number of hydrogen-bond donors (Lipinski definition) is 1. The molecule has 0 spiro atoms. The Morgan fingerprint density at radius 1 is 1.35 bits per heavy atom. The summed E-state index contributed by atoms with van der Waals surface area (Å²) >= 11 is 1.64. The molecule has 5 heteroatoms. The fourth-order valence-corrected chi connectivity index (χ4v) is 3.36. The Kier molecular flexibility index (Phi) is 2.84. The van der Waals surface area contributed by atoms with Crippen LogP contribution in [-0.4, -0.2) is 9.38 Å². The summed E-state index contributed by atoms with van der Waals surface area (Å²) in [6, 6.07) is 6.39. The lowest BCUT2D eigenvalue weighted by Gasteiger charge is -2.11. The molecule has 1 aliphatic rings. The van der Waals surface area contributed by atoms with E-state index in [4.69, 9.17) is 10.5 Å². The molecule has 1 aliphatic heterocycles. The number of fused-ring (bicyclic) bond motifs is 2. The van der Waals surface area contributed by atoms with Crippen molar-refractivity contribution in [2.24, 2.45) is 5.73 Å². The predicted molar refractivity (Wildman–Crippen MR) is 78.6 cm³/mol. The highest BCUT2D eigenvalue weighted by Gasteiger charge is 2.15. The first kappa shape index (κ1) is 12.1. The molecule has 0 radical (unpaired) electrons. The van der Waals surface area contributed by atoms with Crippen LogP contribution in [0, 0.1) is 0 Å². The van der Waals surface area contributed by atoms with Gasteiger partial charge in [0, 0.05) is 30.2 Å². The Hall–Kier alpha value is -1.69. The lowest BCUT2D eigenvalue weighted by Crippen LogP contribution is -2.14. The molecule has 2 aromatic heterocycles. The molecule has 0 aliphatic carbocycles. The average molecular weight is 285 g/mol. The van der Waals surface area contributed by atoms with Crippen LogP contribution >= 0.6 is 11.3 Å². The van der Waals surface area contributed by atoms with Gasteiger partial charge < -0.3 is 10.5 Å². The zero-order valence-corrected chi connectivity index (χ0v) is 11.8. The Morgan fingerprint density at radius 3 is 3.15 bits per heavy atom. The molecular formula is C15H15N3OS. The Bertz CT molecular complexity index is 733. The van der Waals surface area contributed by atoms with Gasteiger partial charge in [-0.2, -0.15) is 0 Å². The van der Waals surface area contributed by atoms with Gasteiger partial charge in [-0.25, -0.2) is 4.98 Å². The first-order valence-electron chi connectivity index (χ1n) is 6.66. The van der Waals surface area contributed by atoms with Crippen molar-refractivity contribution in [1.29, 1.82) is 0 Å². The van der Waals surface area contributed by atoms with E-state index in [2.05, 4.69) is 29.4 Å². The zero-order valence-electron chi connectivity index (χ0n) is 11.0. The number of rotatable bonds is 3. The largest absolute Gasteiger partial charge is 0.372 e. The fourth-order valence-electron chi connectivity index (χ4n) is 2.64. The second-order valence-corrected chi connectivity index (χ2v) is 6.03. The molecular weight excluding hydrogens is 270 g/mol. The van der Waals surface area contributed by atoms with E-state index in [1.54, 1.807) is 11.3 Å². The van der Waals surface area contributed by atoms with Crippen LogP contribution in [-0.2, 0) is 24.4 Å². The number of benzene rings is 1. The van der Waals surface area contributed by atoms with E-state index in [9.17, 15) is 0 Å². The van der Waals surface area contributed by atoms with Crippen LogP contribution in [0.4, 0.5) is 0 Å². The van der Waals surface area contributed by atoms with Gasteiger partial charge in [-0.3, -0.25) is 4.40 Å². The molecule has 0 saturated heterocycles. The van der Waals surface area contributed by atoms with Gasteiger partial charge in [0.2, 0.25) is 0 Å². The van der Waals surface area contributed by atoms with E-state index in [0.717, 1.165) is 29.2 Å².